The lowest BCUT2D eigenvalue weighted by molar-refractivity contribution is 0.0672. The van der Waals surface area contributed by atoms with Crippen LogP contribution in [0.3, 0.4) is 0 Å². The molecule has 0 fully saturated rings. The molecule has 3 N–H and O–H groups in total. The average Bonchev–Trinajstić information content (AvgIpc) is 2.53. The molecule has 1 rings (SSSR count). The number of aliphatic hydroxyl groups is 1. The van der Waals surface area contributed by atoms with Crippen molar-refractivity contribution in [1.82, 2.24) is 10.6 Å². The Morgan fingerprint density at radius 1 is 1.22 bits per heavy atom. The van der Waals surface area contributed by atoms with Gasteiger partial charge in [0.25, 0.3) is 0 Å². The third-order valence-corrected chi connectivity index (χ3v) is 4.05. The highest BCUT2D eigenvalue weighted by molar-refractivity contribution is 14.0. The van der Waals surface area contributed by atoms with E-state index >= 15 is 0 Å². The van der Waals surface area contributed by atoms with Crippen molar-refractivity contribution in [2.24, 2.45) is 4.99 Å². The number of halogens is 1. The number of hydrogen-bond donors (Lipinski definition) is 3. The average molecular weight is 451 g/mol. The van der Waals surface area contributed by atoms with Crippen LogP contribution in [0.15, 0.2) is 35.3 Å². The van der Waals surface area contributed by atoms with Gasteiger partial charge in [-0.2, -0.15) is 11.8 Å². The van der Waals surface area contributed by atoms with E-state index in [1.165, 1.54) is 12.2 Å². The third-order valence-electron chi connectivity index (χ3n) is 3.35. The molecule has 0 saturated carbocycles. The van der Waals surface area contributed by atoms with Gasteiger partial charge in [0.15, 0.2) is 5.96 Å². The smallest absolute Gasteiger partial charge is 0.191 e. The molecule has 0 aliphatic heterocycles. The molecule has 0 spiro atoms. The maximum atomic E-state index is 10.6. The molecule has 0 bridgehead atoms. The topological polar surface area (TPSA) is 56.7 Å². The van der Waals surface area contributed by atoms with Gasteiger partial charge in [0.05, 0.1) is 6.54 Å². The zero-order valence-electron chi connectivity index (χ0n) is 14.3. The van der Waals surface area contributed by atoms with Crippen LogP contribution >= 0.6 is 35.7 Å². The van der Waals surface area contributed by atoms with Crippen molar-refractivity contribution in [1.29, 1.82) is 0 Å². The van der Waals surface area contributed by atoms with Crippen LogP contribution in [0.5, 0.6) is 0 Å². The van der Waals surface area contributed by atoms with Gasteiger partial charge in [0.1, 0.15) is 5.60 Å². The van der Waals surface area contributed by atoms with Gasteiger partial charge in [-0.25, -0.2) is 4.99 Å². The van der Waals surface area contributed by atoms with Crippen molar-refractivity contribution in [3.8, 4) is 0 Å². The summed E-state index contributed by atoms with van der Waals surface area (Å²) in [7, 11) is 0. The number of hydrogen-bond acceptors (Lipinski definition) is 3. The first kappa shape index (κ1) is 22.5. The van der Waals surface area contributed by atoms with Gasteiger partial charge >= 0.3 is 0 Å². The molecule has 132 valence electrons. The Bertz CT molecular complexity index is 441. The molecule has 1 unspecified atom stereocenters. The molecule has 0 heterocycles. The Morgan fingerprint density at radius 3 is 2.52 bits per heavy atom. The van der Waals surface area contributed by atoms with E-state index in [0.29, 0.717) is 6.54 Å². The maximum absolute atomic E-state index is 10.6. The van der Waals surface area contributed by atoms with Crippen molar-refractivity contribution in [3.63, 3.8) is 0 Å². The summed E-state index contributed by atoms with van der Waals surface area (Å²) in [4.78, 5) is 4.52. The molecule has 1 atom stereocenters. The highest BCUT2D eigenvalue weighted by Crippen LogP contribution is 2.20. The predicted octanol–water partition coefficient (Wildman–Crippen LogP) is 3.21. The fourth-order valence-electron chi connectivity index (χ4n) is 2.04. The largest absolute Gasteiger partial charge is 0.384 e. The lowest BCUT2D eigenvalue weighted by Gasteiger charge is -2.22. The van der Waals surface area contributed by atoms with Gasteiger partial charge in [-0.1, -0.05) is 30.3 Å². The SMILES string of the molecule is CCNC(=NCC(C)(O)c1ccccc1)NCCCCSC.I. The van der Waals surface area contributed by atoms with Gasteiger partial charge < -0.3 is 15.7 Å². The number of nitrogens with one attached hydrogen (secondary N) is 2. The first-order valence-electron chi connectivity index (χ1n) is 7.89. The van der Waals surface area contributed by atoms with E-state index in [0.717, 1.165) is 31.0 Å². The van der Waals surface area contributed by atoms with Crippen LogP contribution in [0.2, 0.25) is 0 Å². The number of nitrogens with zero attached hydrogens (tertiary/aromatic N) is 1. The lowest BCUT2D eigenvalue weighted by atomic mass is 9.96. The van der Waals surface area contributed by atoms with Crippen LogP contribution in [0.4, 0.5) is 0 Å². The number of unbranched alkanes of at least 4 members (excludes halogenated alkanes) is 1. The zero-order chi connectivity index (χ0) is 16.3. The summed E-state index contributed by atoms with van der Waals surface area (Å²) in [6.45, 7) is 5.88. The standard InChI is InChI=1S/C17H29N3OS.HI/c1-4-18-16(19-12-8-9-13-22-3)20-14-17(2,21)15-10-6-5-7-11-15;/h5-7,10-11,21H,4,8-9,12-14H2,1-3H3,(H2,18,19,20);1H. The summed E-state index contributed by atoms with van der Waals surface area (Å²) in [5.74, 6) is 1.96. The lowest BCUT2D eigenvalue weighted by Crippen LogP contribution is -2.39. The molecule has 23 heavy (non-hydrogen) atoms. The molecule has 1 aromatic rings. The molecule has 0 aliphatic rings. The van der Waals surface area contributed by atoms with Crippen molar-refractivity contribution in [2.45, 2.75) is 32.3 Å². The number of thioether (sulfide) groups is 1. The van der Waals surface area contributed by atoms with Crippen LogP contribution in [0.1, 0.15) is 32.3 Å². The summed E-state index contributed by atoms with van der Waals surface area (Å²) in [5.41, 5.74) is -0.0720. The highest BCUT2D eigenvalue weighted by Gasteiger charge is 2.22. The quantitative estimate of drug-likeness (QED) is 0.234. The zero-order valence-corrected chi connectivity index (χ0v) is 17.5. The van der Waals surface area contributed by atoms with Crippen molar-refractivity contribution >= 4 is 41.7 Å². The fraction of sp³-hybridized carbons (Fsp3) is 0.588. The molecule has 4 nitrogen and oxygen atoms in total. The number of guanidine groups is 1. The Labute approximate surface area is 162 Å². The molecular formula is C17H30IN3OS. The monoisotopic (exact) mass is 451 g/mol. The third kappa shape index (κ3) is 9.42. The van der Waals surface area contributed by atoms with Gasteiger partial charge in [0, 0.05) is 13.1 Å². The Morgan fingerprint density at radius 2 is 1.91 bits per heavy atom. The van der Waals surface area contributed by atoms with Crippen LogP contribution < -0.4 is 10.6 Å². The summed E-state index contributed by atoms with van der Waals surface area (Å²) in [6.07, 6.45) is 4.46. The minimum absolute atomic E-state index is 0. The van der Waals surface area contributed by atoms with E-state index in [2.05, 4.69) is 21.9 Å². The summed E-state index contributed by atoms with van der Waals surface area (Å²) in [6, 6.07) is 9.67. The Balaban J connectivity index is 0.00000484. The summed E-state index contributed by atoms with van der Waals surface area (Å²) in [5, 5.41) is 17.1. The normalized spacial score (nSPS) is 13.8. The molecule has 0 aliphatic carbocycles. The minimum Gasteiger partial charge on any atom is -0.384 e. The first-order valence-corrected chi connectivity index (χ1v) is 9.28. The van der Waals surface area contributed by atoms with E-state index < -0.39 is 5.60 Å². The van der Waals surface area contributed by atoms with Crippen molar-refractivity contribution in [2.75, 3.05) is 31.6 Å². The molecule has 6 heteroatoms. The van der Waals surface area contributed by atoms with Crippen molar-refractivity contribution < 1.29 is 5.11 Å². The minimum atomic E-state index is -0.956. The predicted molar refractivity (Wildman–Crippen MR) is 113 cm³/mol. The molecular weight excluding hydrogens is 421 g/mol. The van der Waals surface area contributed by atoms with Crippen molar-refractivity contribution in [3.05, 3.63) is 35.9 Å². The van der Waals surface area contributed by atoms with E-state index in [9.17, 15) is 5.11 Å². The van der Waals surface area contributed by atoms with E-state index in [4.69, 9.17) is 0 Å². The van der Waals surface area contributed by atoms with Gasteiger partial charge in [-0.3, -0.25) is 0 Å². The van der Waals surface area contributed by atoms with Crippen LogP contribution in [0.25, 0.3) is 0 Å². The Kier molecular flexibility index (Phi) is 12.6. The Hall–Kier alpha value is -0.470. The maximum Gasteiger partial charge on any atom is 0.191 e. The number of aliphatic imine (C=N–C) groups is 1. The van der Waals surface area contributed by atoms with E-state index in [-0.39, 0.29) is 24.0 Å². The second-order valence-electron chi connectivity index (χ2n) is 5.46. The molecule has 0 amide bonds. The molecule has 0 saturated heterocycles. The molecule has 1 aromatic carbocycles. The number of rotatable bonds is 9. The first-order chi connectivity index (χ1) is 10.6. The summed E-state index contributed by atoms with van der Waals surface area (Å²) >= 11 is 1.88. The second kappa shape index (κ2) is 12.9. The van der Waals surface area contributed by atoms with E-state index in [1.807, 2.05) is 49.0 Å². The number of benzene rings is 1. The fourth-order valence-corrected chi connectivity index (χ4v) is 2.53. The van der Waals surface area contributed by atoms with Crippen LogP contribution in [-0.4, -0.2) is 42.7 Å². The summed E-state index contributed by atoms with van der Waals surface area (Å²) < 4.78 is 0. The highest BCUT2D eigenvalue weighted by atomic mass is 127. The van der Waals surface area contributed by atoms with Gasteiger partial charge in [-0.05, 0) is 44.3 Å². The second-order valence-corrected chi connectivity index (χ2v) is 6.45. The van der Waals surface area contributed by atoms with Crippen LogP contribution in [0, 0.1) is 0 Å². The van der Waals surface area contributed by atoms with Crippen LogP contribution in [-0.2, 0) is 5.60 Å². The van der Waals surface area contributed by atoms with Gasteiger partial charge in [-0.15, -0.1) is 24.0 Å². The van der Waals surface area contributed by atoms with E-state index in [1.54, 1.807) is 6.92 Å². The van der Waals surface area contributed by atoms with Gasteiger partial charge in [0.2, 0.25) is 0 Å². The molecule has 0 aromatic heterocycles. The molecule has 0 radical (unpaired) electrons.